The summed E-state index contributed by atoms with van der Waals surface area (Å²) in [6.45, 7) is 0. The molecular formula is C17H18N4O3. The number of nitro benzene ring substituents is 1. The molecule has 1 amide bonds. The van der Waals surface area contributed by atoms with Crippen LogP contribution < -0.4 is 5.43 Å². The number of aromatic nitrogens is 1. The largest absolute Gasteiger partial charge is 0.351 e. The lowest BCUT2D eigenvalue weighted by Gasteiger charge is -2.10. The molecule has 2 aromatic rings. The fraction of sp³-hybridized carbons (Fsp3) is 0.294. The molecule has 0 saturated heterocycles. The van der Waals surface area contributed by atoms with E-state index in [0.29, 0.717) is 11.6 Å². The van der Waals surface area contributed by atoms with Crippen molar-refractivity contribution in [3.8, 4) is 0 Å². The van der Waals surface area contributed by atoms with E-state index in [1.54, 1.807) is 6.21 Å². The number of carbonyl (C=O) groups is 1. The zero-order chi connectivity index (χ0) is 16.9. The van der Waals surface area contributed by atoms with Crippen LogP contribution in [0.3, 0.4) is 0 Å². The van der Waals surface area contributed by atoms with E-state index in [0.717, 1.165) is 5.56 Å². The highest BCUT2D eigenvalue weighted by molar-refractivity contribution is 5.95. The maximum Gasteiger partial charge on any atom is 0.271 e. The van der Waals surface area contributed by atoms with E-state index in [4.69, 9.17) is 0 Å². The molecule has 0 spiro atoms. The highest BCUT2D eigenvalue weighted by Crippen LogP contribution is 2.29. The van der Waals surface area contributed by atoms with Gasteiger partial charge in [-0.05, 0) is 31.0 Å². The molecule has 1 fully saturated rings. The van der Waals surface area contributed by atoms with Crippen LogP contribution in [0.15, 0.2) is 47.8 Å². The number of nitro groups is 1. The van der Waals surface area contributed by atoms with Gasteiger partial charge in [0.2, 0.25) is 0 Å². The number of nitrogens with one attached hydrogen (secondary N) is 1. The smallest absolute Gasteiger partial charge is 0.271 e. The molecule has 0 radical (unpaired) electrons. The van der Waals surface area contributed by atoms with Crippen LogP contribution >= 0.6 is 0 Å². The van der Waals surface area contributed by atoms with E-state index in [-0.39, 0.29) is 5.69 Å². The molecule has 7 nitrogen and oxygen atoms in total. The van der Waals surface area contributed by atoms with E-state index in [1.165, 1.54) is 49.9 Å². The predicted molar refractivity (Wildman–Crippen MR) is 90.1 cm³/mol. The molecule has 1 heterocycles. The lowest BCUT2D eigenvalue weighted by molar-refractivity contribution is -0.384. The van der Waals surface area contributed by atoms with Crippen molar-refractivity contribution >= 4 is 17.8 Å². The van der Waals surface area contributed by atoms with Crippen molar-refractivity contribution in [2.45, 2.75) is 31.7 Å². The van der Waals surface area contributed by atoms with Crippen molar-refractivity contribution in [2.24, 2.45) is 5.10 Å². The Bertz CT molecular complexity index is 758. The molecule has 7 heteroatoms. The highest BCUT2D eigenvalue weighted by atomic mass is 16.6. The van der Waals surface area contributed by atoms with Crippen LogP contribution in [0.5, 0.6) is 0 Å². The SMILES string of the molecule is O=C(N/N=C\c1ccn(C2CCCC2)c1)c1ccc([N+](=O)[O-])cc1. The number of amides is 1. The maximum absolute atomic E-state index is 11.9. The molecular weight excluding hydrogens is 308 g/mol. The van der Waals surface area contributed by atoms with Gasteiger partial charge in [0.15, 0.2) is 0 Å². The summed E-state index contributed by atoms with van der Waals surface area (Å²) in [6.07, 6.45) is 10.6. The molecule has 1 aromatic carbocycles. The Balaban J connectivity index is 1.57. The van der Waals surface area contributed by atoms with Crippen molar-refractivity contribution in [3.05, 3.63) is 64.0 Å². The van der Waals surface area contributed by atoms with Crippen molar-refractivity contribution in [1.29, 1.82) is 0 Å². The second-order valence-electron chi connectivity index (χ2n) is 5.83. The Morgan fingerprint density at radius 3 is 2.62 bits per heavy atom. The van der Waals surface area contributed by atoms with Gasteiger partial charge in [0.1, 0.15) is 0 Å². The lowest BCUT2D eigenvalue weighted by atomic mass is 10.2. The van der Waals surface area contributed by atoms with Gasteiger partial charge in [-0.2, -0.15) is 5.10 Å². The molecule has 1 aliphatic carbocycles. The highest BCUT2D eigenvalue weighted by Gasteiger charge is 2.16. The first kappa shape index (κ1) is 15.9. The van der Waals surface area contributed by atoms with Gasteiger partial charge in [0.25, 0.3) is 11.6 Å². The third kappa shape index (κ3) is 3.68. The molecule has 0 aliphatic heterocycles. The Morgan fingerprint density at radius 2 is 1.96 bits per heavy atom. The summed E-state index contributed by atoms with van der Waals surface area (Å²) < 4.78 is 2.20. The van der Waals surface area contributed by atoms with Crippen LogP contribution in [-0.2, 0) is 0 Å². The first-order valence-corrected chi connectivity index (χ1v) is 7.89. The quantitative estimate of drug-likeness (QED) is 0.519. The molecule has 0 atom stereocenters. The van der Waals surface area contributed by atoms with Crippen molar-refractivity contribution in [1.82, 2.24) is 9.99 Å². The minimum atomic E-state index is -0.505. The van der Waals surface area contributed by atoms with E-state index in [2.05, 4.69) is 15.1 Å². The minimum absolute atomic E-state index is 0.0525. The summed E-state index contributed by atoms with van der Waals surface area (Å²) >= 11 is 0. The molecule has 1 aromatic heterocycles. The average Bonchev–Trinajstić information content (AvgIpc) is 3.26. The number of hydrogen-bond donors (Lipinski definition) is 1. The molecule has 24 heavy (non-hydrogen) atoms. The number of hydrazone groups is 1. The number of hydrogen-bond acceptors (Lipinski definition) is 4. The van der Waals surface area contributed by atoms with Crippen molar-refractivity contribution in [3.63, 3.8) is 0 Å². The summed E-state index contributed by atoms with van der Waals surface area (Å²) in [6, 6.07) is 7.92. The van der Waals surface area contributed by atoms with E-state index in [9.17, 15) is 14.9 Å². The first-order chi connectivity index (χ1) is 11.6. The second kappa shape index (κ2) is 7.08. The Kier molecular flexibility index (Phi) is 4.69. The zero-order valence-electron chi connectivity index (χ0n) is 13.1. The van der Waals surface area contributed by atoms with Gasteiger partial charge in [0, 0.05) is 41.7 Å². The molecule has 1 N–H and O–H groups in total. The Morgan fingerprint density at radius 1 is 1.25 bits per heavy atom. The van der Waals surface area contributed by atoms with Gasteiger partial charge in [-0.3, -0.25) is 14.9 Å². The molecule has 124 valence electrons. The summed E-state index contributed by atoms with van der Waals surface area (Å²) in [5.41, 5.74) is 3.62. The Labute approximate surface area is 139 Å². The van der Waals surface area contributed by atoms with E-state index in [1.807, 2.05) is 18.5 Å². The monoisotopic (exact) mass is 326 g/mol. The van der Waals surface area contributed by atoms with Crippen LogP contribution in [0.25, 0.3) is 0 Å². The normalized spacial score (nSPS) is 15.0. The standard InChI is InChI=1S/C17H18N4O3/c22-17(14-5-7-16(8-6-14)21(23)24)19-18-11-13-9-10-20(12-13)15-3-1-2-4-15/h5-12,15H,1-4H2,(H,19,22)/b18-11-. The topological polar surface area (TPSA) is 89.5 Å². The number of nitrogens with zero attached hydrogens (tertiary/aromatic N) is 3. The van der Waals surface area contributed by atoms with Crippen LogP contribution in [0, 0.1) is 10.1 Å². The first-order valence-electron chi connectivity index (χ1n) is 7.89. The lowest BCUT2D eigenvalue weighted by Crippen LogP contribution is -2.17. The van der Waals surface area contributed by atoms with Crippen LogP contribution in [0.4, 0.5) is 5.69 Å². The maximum atomic E-state index is 11.9. The molecule has 1 aliphatic rings. The van der Waals surface area contributed by atoms with Gasteiger partial charge in [-0.1, -0.05) is 12.8 Å². The molecule has 0 unspecified atom stereocenters. The van der Waals surface area contributed by atoms with Gasteiger partial charge in [-0.15, -0.1) is 0 Å². The van der Waals surface area contributed by atoms with Crippen LogP contribution in [0.2, 0.25) is 0 Å². The molecule has 3 rings (SSSR count). The molecule has 1 saturated carbocycles. The van der Waals surface area contributed by atoms with E-state index >= 15 is 0 Å². The molecule has 0 bridgehead atoms. The second-order valence-corrected chi connectivity index (χ2v) is 5.83. The summed E-state index contributed by atoms with van der Waals surface area (Å²) in [7, 11) is 0. The third-order valence-corrected chi connectivity index (χ3v) is 4.20. The fourth-order valence-electron chi connectivity index (χ4n) is 2.90. The van der Waals surface area contributed by atoms with Gasteiger partial charge < -0.3 is 4.57 Å². The minimum Gasteiger partial charge on any atom is -0.351 e. The van der Waals surface area contributed by atoms with Gasteiger partial charge in [-0.25, -0.2) is 5.43 Å². The van der Waals surface area contributed by atoms with E-state index < -0.39 is 10.8 Å². The van der Waals surface area contributed by atoms with Crippen LogP contribution in [-0.4, -0.2) is 21.6 Å². The average molecular weight is 326 g/mol. The van der Waals surface area contributed by atoms with Gasteiger partial charge >= 0.3 is 0 Å². The Hall–Kier alpha value is -2.96. The number of benzene rings is 1. The predicted octanol–water partition coefficient (Wildman–Crippen LogP) is 3.28. The fourth-order valence-corrected chi connectivity index (χ4v) is 2.90. The van der Waals surface area contributed by atoms with Crippen LogP contribution in [0.1, 0.15) is 47.6 Å². The summed E-state index contributed by atoms with van der Waals surface area (Å²) in [5, 5.41) is 14.5. The van der Waals surface area contributed by atoms with Crippen molar-refractivity contribution in [2.75, 3.05) is 0 Å². The van der Waals surface area contributed by atoms with Crippen molar-refractivity contribution < 1.29 is 9.72 Å². The zero-order valence-corrected chi connectivity index (χ0v) is 13.1. The number of rotatable bonds is 5. The number of carbonyl (C=O) groups excluding carboxylic acids is 1. The van der Waals surface area contributed by atoms with Gasteiger partial charge in [0.05, 0.1) is 11.1 Å². The third-order valence-electron chi connectivity index (χ3n) is 4.20. The summed E-state index contributed by atoms with van der Waals surface area (Å²) in [5.74, 6) is -0.406. The number of non-ortho nitro benzene ring substituents is 1. The summed E-state index contributed by atoms with van der Waals surface area (Å²) in [4.78, 5) is 22.0.